The molecule has 0 atom stereocenters. The maximum atomic E-state index is 11.9. The van der Waals surface area contributed by atoms with Crippen molar-refractivity contribution in [3.8, 4) is 5.75 Å². The molecule has 0 saturated heterocycles. The van der Waals surface area contributed by atoms with Crippen molar-refractivity contribution in [3.63, 3.8) is 0 Å². The van der Waals surface area contributed by atoms with Crippen molar-refractivity contribution in [3.05, 3.63) is 24.6 Å². The lowest BCUT2D eigenvalue weighted by molar-refractivity contribution is -0.0504. The van der Waals surface area contributed by atoms with E-state index in [0.717, 1.165) is 8.04 Å². The molecule has 0 aliphatic heterocycles. The fourth-order valence-corrected chi connectivity index (χ4v) is 2.34. The summed E-state index contributed by atoms with van der Waals surface area (Å²) in [7, 11) is 0. The maximum absolute atomic E-state index is 11.9. The fourth-order valence-electron chi connectivity index (χ4n) is 0.691. The molecule has 0 heterocycles. The zero-order valence-corrected chi connectivity index (χ0v) is 11.4. The molecule has 0 aliphatic carbocycles. The number of alkyl halides is 2. The van der Waals surface area contributed by atoms with Crippen molar-refractivity contribution in [1.82, 2.24) is 0 Å². The predicted molar refractivity (Wildman–Crippen MR) is 61.2 cm³/mol. The Kier molecular flexibility index (Phi) is 4.37. The number of halogens is 5. The highest BCUT2D eigenvalue weighted by Gasteiger charge is 2.10. The van der Waals surface area contributed by atoms with Crippen LogP contribution in [0.2, 0.25) is 0 Å². The number of rotatable bonds is 2. The molecule has 0 fully saturated rings. The Morgan fingerprint density at radius 1 is 1.23 bits per heavy atom. The molecule has 0 amide bonds. The van der Waals surface area contributed by atoms with Crippen LogP contribution in [0.5, 0.6) is 5.75 Å². The fraction of sp³-hybridized carbons (Fsp3) is 0.143. The summed E-state index contributed by atoms with van der Waals surface area (Å²) in [4.78, 5) is 0. The van der Waals surface area contributed by atoms with Crippen LogP contribution in [0.3, 0.4) is 0 Å². The molecule has 0 aliphatic rings. The van der Waals surface area contributed by atoms with Gasteiger partial charge in [-0.1, -0.05) is 0 Å². The summed E-state index contributed by atoms with van der Waals surface area (Å²) in [6.07, 6.45) is 0. The second-order valence-electron chi connectivity index (χ2n) is 2.08. The van der Waals surface area contributed by atoms with Gasteiger partial charge in [-0.05, 0) is 66.6 Å². The van der Waals surface area contributed by atoms with E-state index in [1.807, 2.05) is 0 Å². The van der Waals surface area contributed by atoms with Crippen molar-refractivity contribution >= 4 is 54.5 Å². The summed E-state index contributed by atoms with van der Waals surface area (Å²) in [5.41, 5.74) is 0. The lowest BCUT2D eigenvalue weighted by Crippen LogP contribution is -2.02. The third-order valence-electron chi connectivity index (χ3n) is 1.19. The Morgan fingerprint density at radius 3 is 2.38 bits per heavy atom. The third kappa shape index (κ3) is 3.32. The minimum absolute atomic E-state index is 0.127. The Balaban J connectivity index is 3.01. The van der Waals surface area contributed by atoms with E-state index < -0.39 is 6.61 Å². The van der Waals surface area contributed by atoms with Crippen LogP contribution in [0, 0.1) is 3.57 Å². The van der Waals surface area contributed by atoms with Crippen LogP contribution in [0.4, 0.5) is 8.78 Å². The summed E-state index contributed by atoms with van der Waals surface area (Å²) in [6.45, 7) is -2.80. The van der Waals surface area contributed by atoms with Gasteiger partial charge in [0.1, 0.15) is 5.75 Å². The van der Waals surface area contributed by atoms with Crippen molar-refractivity contribution in [2.24, 2.45) is 0 Å². The number of benzene rings is 1. The lowest BCUT2D eigenvalue weighted by Gasteiger charge is -2.07. The molecule has 0 saturated carbocycles. The van der Waals surface area contributed by atoms with E-state index >= 15 is 0 Å². The molecule has 0 aromatic heterocycles. The number of hydrogen-bond donors (Lipinski definition) is 0. The van der Waals surface area contributed by atoms with E-state index in [1.165, 1.54) is 6.07 Å². The van der Waals surface area contributed by atoms with Crippen LogP contribution < -0.4 is 4.74 Å². The highest BCUT2D eigenvalue weighted by Crippen LogP contribution is 2.33. The zero-order chi connectivity index (χ0) is 10.0. The molecule has 0 bridgehead atoms. The maximum Gasteiger partial charge on any atom is 0.387 e. The van der Waals surface area contributed by atoms with Gasteiger partial charge in [0.25, 0.3) is 0 Å². The van der Waals surface area contributed by atoms with E-state index in [2.05, 4.69) is 59.2 Å². The molecule has 72 valence electrons. The van der Waals surface area contributed by atoms with Gasteiger partial charge in [0, 0.05) is 8.04 Å². The number of hydrogen-bond acceptors (Lipinski definition) is 1. The Labute approximate surface area is 104 Å². The third-order valence-corrected chi connectivity index (χ3v) is 4.10. The van der Waals surface area contributed by atoms with Crippen LogP contribution in [-0.4, -0.2) is 6.61 Å². The smallest absolute Gasteiger partial charge is 0.387 e. The normalized spacial score (nSPS) is 10.6. The second kappa shape index (κ2) is 4.88. The first-order valence-electron chi connectivity index (χ1n) is 3.10. The summed E-state index contributed by atoms with van der Waals surface area (Å²) in [5, 5.41) is 0. The molecule has 0 spiro atoms. The zero-order valence-electron chi connectivity index (χ0n) is 6.03. The van der Waals surface area contributed by atoms with Gasteiger partial charge in [-0.2, -0.15) is 8.78 Å². The average molecular weight is 428 g/mol. The highest BCUT2D eigenvalue weighted by molar-refractivity contribution is 14.1. The Bertz CT molecular complexity index is 320. The first-order chi connectivity index (χ1) is 6.00. The first-order valence-corrected chi connectivity index (χ1v) is 5.76. The molecule has 1 aromatic rings. The van der Waals surface area contributed by atoms with Gasteiger partial charge in [0.05, 0.1) is 4.47 Å². The van der Waals surface area contributed by atoms with E-state index in [9.17, 15) is 8.78 Å². The summed E-state index contributed by atoms with van der Waals surface area (Å²) in [6, 6.07) is 3.19. The van der Waals surface area contributed by atoms with Gasteiger partial charge < -0.3 is 4.74 Å². The standard InChI is InChI=1S/C7H3Br2F2IO/c8-3-2-6(13-7(10)11)4(9)1-5(3)12/h1-2,7H. The Hall–Kier alpha value is 0.570. The van der Waals surface area contributed by atoms with Gasteiger partial charge in [-0.15, -0.1) is 0 Å². The summed E-state index contributed by atoms with van der Waals surface area (Å²) < 4.78 is 30.2. The average Bonchev–Trinajstić information content (AvgIpc) is 1.99. The van der Waals surface area contributed by atoms with E-state index in [4.69, 9.17) is 0 Å². The minimum atomic E-state index is -2.80. The Morgan fingerprint density at radius 2 is 1.85 bits per heavy atom. The predicted octanol–water partition coefficient (Wildman–Crippen LogP) is 4.42. The van der Waals surface area contributed by atoms with Crippen LogP contribution in [0.1, 0.15) is 0 Å². The quantitative estimate of drug-likeness (QED) is 0.501. The topological polar surface area (TPSA) is 9.23 Å². The molecule has 0 radical (unpaired) electrons. The SMILES string of the molecule is FC(F)Oc1cc(Br)c(I)cc1Br. The molecular weight excluding hydrogens is 425 g/mol. The van der Waals surface area contributed by atoms with Gasteiger partial charge >= 0.3 is 6.61 Å². The van der Waals surface area contributed by atoms with E-state index in [0.29, 0.717) is 4.47 Å². The number of ether oxygens (including phenoxy) is 1. The van der Waals surface area contributed by atoms with Crippen molar-refractivity contribution in [2.75, 3.05) is 0 Å². The van der Waals surface area contributed by atoms with Crippen LogP contribution in [0.15, 0.2) is 21.1 Å². The van der Waals surface area contributed by atoms with Gasteiger partial charge in [-0.25, -0.2) is 0 Å². The van der Waals surface area contributed by atoms with E-state index in [1.54, 1.807) is 6.07 Å². The molecule has 0 unspecified atom stereocenters. The van der Waals surface area contributed by atoms with Gasteiger partial charge in [0.2, 0.25) is 0 Å². The van der Waals surface area contributed by atoms with Crippen molar-refractivity contribution in [1.29, 1.82) is 0 Å². The van der Waals surface area contributed by atoms with Crippen molar-refractivity contribution in [2.45, 2.75) is 6.61 Å². The van der Waals surface area contributed by atoms with Crippen LogP contribution in [0.25, 0.3) is 0 Å². The minimum Gasteiger partial charge on any atom is -0.434 e. The molecule has 0 N–H and O–H groups in total. The molecule has 13 heavy (non-hydrogen) atoms. The van der Waals surface area contributed by atoms with Crippen molar-refractivity contribution < 1.29 is 13.5 Å². The highest BCUT2D eigenvalue weighted by atomic mass is 127. The molecule has 1 aromatic carbocycles. The molecule has 1 nitrogen and oxygen atoms in total. The molecule has 6 heteroatoms. The lowest BCUT2D eigenvalue weighted by atomic mass is 10.3. The van der Waals surface area contributed by atoms with Crippen LogP contribution in [-0.2, 0) is 0 Å². The molecule has 1 rings (SSSR count). The van der Waals surface area contributed by atoms with E-state index in [-0.39, 0.29) is 5.75 Å². The molecular formula is C7H3Br2F2IO. The first kappa shape index (κ1) is 11.6. The summed E-state index contributed by atoms with van der Waals surface area (Å²) >= 11 is 8.42. The largest absolute Gasteiger partial charge is 0.434 e. The second-order valence-corrected chi connectivity index (χ2v) is 4.95. The van der Waals surface area contributed by atoms with Crippen LogP contribution >= 0.6 is 54.5 Å². The van der Waals surface area contributed by atoms with Gasteiger partial charge in [-0.3, -0.25) is 0 Å². The summed E-state index contributed by atoms with van der Waals surface area (Å²) in [5.74, 6) is 0.127. The monoisotopic (exact) mass is 426 g/mol. The van der Waals surface area contributed by atoms with Gasteiger partial charge in [0.15, 0.2) is 0 Å².